The minimum Gasteiger partial charge on any atom is -0.345 e. The van der Waals surface area contributed by atoms with Gasteiger partial charge in [0, 0.05) is 5.41 Å². The molecule has 0 bridgehead atoms. The monoisotopic (exact) mass is 197 g/mol. The molecule has 3 heteroatoms. The van der Waals surface area contributed by atoms with Gasteiger partial charge in [-0.2, -0.15) is 0 Å². The third-order valence-corrected chi connectivity index (χ3v) is 2.70. The van der Waals surface area contributed by atoms with Crippen molar-refractivity contribution in [3.8, 4) is 0 Å². The summed E-state index contributed by atoms with van der Waals surface area (Å²) in [6, 6.07) is -0.262. The van der Waals surface area contributed by atoms with Gasteiger partial charge in [-0.05, 0) is 5.92 Å². The zero-order chi connectivity index (χ0) is 11.1. The smallest absolute Gasteiger partial charge is 0.226 e. The molecule has 0 aromatic heterocycles. The van der Waals surface area contributed by atoms with E-state index in [0.29, 0.717) is 0 Å². The molecule has 2 atom stereocenters. The lowest BCUT2D eigenvalue weighted by atomic mass is 9.73. The zero-order valence-corrected chi connectivity index (χ0v) is 9.55. The summed E-state index contributed by atoms with van der Waals surface area (Å²) in [7, 11) is 0. The molecule has 1 N–H and O–H groups in total. The van der Waals surface area contributed by atoms with E-state index in [-0.39, 0.29) is 35.0 Å². The second-order valence-electron chi connectivity index (χ2n) is 5.37. The Hall–Kier alpha value is -0.860. The van der Waals surface area contributed by atoms with Crippen LogP contribution in [0.4, 0.5) is 0 Å². The number of carbonyl (C=O) groups excluding carboxylic acids is 2. The van der Waals surface area contributed by atoms with Crippen molar-refractivity contribution in [3.05, 3.63) is 0 Å². The Morgan fingerprint density at radius 1 is 1.36 bits per heavy atom. The summed E-state index contributed by atoms with van der Waals surface area (Å²) in [6.45, 7) is 9.62. The van der Waals surface area contributed by atoms with Gasteiger partial charge in [0.05, 0.1) is 12.0 Å². The first-order chi connectivity index (χ1) is 6.25. The van der Waals surface area contributed by atoms with Crippen LogP contribution in [0.2, 0.25) is 0 Å². The largest absolute Gasteiger partial charge is 0.345 e. The quantitative estimate of drug-likeness (QED) is 0.680. The van der Waals surface area contributed by atoms with E-state index in [2.05, 4.69) is 5.32 Å². The van der Waals surface area contributed by atoms with E-state index in [1.807, 2.05) is 34.6 Å². The predicted octanol–water partition coefficient (Wildman–Crippen LogP) is 1.37. The molecule has 0 aromatic carbocycles. The summed E-state index contributed by atoms with van der Waals surface area (Å²) >= 11 is 0. The molecule has 14 heavy (non-hydrogen) atoms. The number of nitrogens with one attached hydrogen (secondary N) is 1. The maximum absolute atomic E-state index is 11.9. The first-order valence-electron chi connectivity index (χ1n) is 5.10. The van der Waals surface area contributed by atoms with Crippen molar-refractivity contribution in [1.82, 2.24) is 5.32 Å². The summed E-state index contributed by atoms with van der Waals surface area (Å²) in [5, 5.41) is 2.69. The average Bonchev–Trinajstić information content (AvgIpc) is 1.95. The lowest BCUT2D eigenvalue weighted by Crippen LogP contribution is -2.65. The molecule has 0 saturated carbocycles. The topological polar surface area (TPSA) is 46.2 Å². The molecule has 0 aromatic rings. The number of carbonyl (C=O) groups is 2. The van der Waals surface area contributed by atoms with E-state index in [1.165, 1.54) is 0 Å². The van der Waals surface area contributed by atoms with Crippen LogP contribution in [-0.2, 0) is 9.59 Å². The average molecular weight is 197 g/mol. The van der Waals surface area contributed by atoms with Crippen molar-refractivity contribution >= 4 is 11.7 Å². The maximum Gasteiger partial charge on any atom is 0.226 e. The summed E-state index contributed by atoms with van der Waals surface area (Å²) < 4.78 is 0. The van der Waals surface area contributed by atoms with Crippen molar-refractivity contribution in [1.29, 1.82) is 0 Å². The molecule has 1 saturated heterocycles. The summed E-state index contributed by atoms with van der Waals surface area (Å²) in [6.07, 6.45) is 0. The van der Waals surface area contributed by atoms with Crippen LogP contribution in [0, 0.1) is 17.3 Å². The number of hydrogen-bond donors (Lipinski definition) is 1. The minimum absolute atomic E-state index is 0.0163. The highest BCUT2D eigenvalue weighted by Crippen LogP contribution is 2.29. The van der Waals surface area contributed by atoms with Gasteiger partial charge in [0.2, 0.25) is 5.91 Å². The van der Waals surface area contributed by atoms with Crippen molar-refractivity contribution in [2.45, 2.75) is 40.7 Å². The Labute approximate surface area is 85.3 Å². The third-order valence-electron chi connectivity index (χ3n) is 2.70. The van der Waals surface area contributed by atoms with Crippen LogP contribution in [-0.4, -0.2) is 17.7 Å². The minimum atomic E-state index is -0.370. The number of Topliss-reactive ketones (excluding diaryl/α,β-unsaturated/α-hetero) is 1. The Morgan fingerprint density at radius 2 is 1.86 bits per heavy atom. The molecule has 0 spiro atoms. The molecule has 1 aliphatic heterocycles. The molecule has 1 fully saturated rings. The predicted molar refractivity (Wildman–Crippen MR) is 54.7 cm³/mol. The summed E-state index contributed by atoms with van der Waals surface area (Å²) in [4.78, 5) is 23.1. The normalized spacial score (nSPS) is 27.1. The molecule has 0 radical (unpaired) electrons. The van der Waals surface area contributed by atoms with Gasteiger partial charge in [0.15, 0.2) is 5.78 Å². The van der Waals surface area contributed by atoms with Gasteiger partial charge in [-0.1, -0.05) is 34.6 Å². The van der Waals surface area contributed by atoms with Crippen molar-refractivity contribution < 1.29 is 9.59 Å². The van der Waals surface area contributed by atoms with Crippen LogP contribution in [0.3, 0.4) is 0 Å². The van der Waals surface area contributed by atoms with Gasteiger partial charge < -0.3 is 5.32 Å². The second kappa shape index (κ2) is 3.37. The van der Waals surface area contributed by atoms with E-state index in [0.717, 1.165) is 0 Å². The number of β-lactam (4-membered cyclic amide) rings is 1. The first kappa shape index (κ1) is 11.2. The van der Waals surface area contributed by atoms with Gasteiger partial charge in [0.25, 0.3) is 0 Å². The Morgan fingerprint density at radius 3 is 2.14 bits per heavy atom. The molecular formula is C11H19NO2. The van der Waals surface area contributed by atoms with Gasteiger partial charge >= 0.3 is 0 Å². The van der Waals surface area contributed by atoms with Crippen LogP contribution >= 0.6 is 0 Å². The van der Waals surface area contributed by atoms with E-state index < -0.39 is 0 Å². The lowest BCUT2D eigenvalue weighted by molar-refractivity contribution is -0.148. The van der Waals surface area contributed by atoms with E-state index in [9.17, 15) is 9.59 Å². The molecule has 80 valence electrons. The van der Waals surface area contributed by atoms with Crippen LogP contribution in [0.5, 0.6) is 0 Å². The molecule has 0 unspecified atom stereocenters. The van der Waals surface area contributed by atoms with Crippen molar-refractivity contribution in [2.24, 2.45) is 17.3 Å². The Balaban J connectivity index is 2.73. The molecular weight excluding hydrogens is 178 g/mol. The van der Waals surface area contributed by atoms with Crippen molar-refractivity contribution in [3.63, 3.8) is 0 Å². The fourth-order valence-electron chi connectivity index (χ4n) is 1.78. The molecule has 1 aliphatic rings. The van der Waals surface area contributed by atoms with Gasteiger partial charge in [-0.3, -0.25) is 9.59 Å². The zero-order valence-electron chi connectivity index (χ0n) is 9.55. The fraction of sp³-hybridized carbons (Fsp3) is 0.818. The van der Waals surface area contributed by atoms with E-state index in [1.54, 1.807) is 0 Å². The van der Waals surface area contributed by atoms with Gasteiger partial charge in [-0.15, -0.1) is 0 Å². The third kappa shape index (κ3) is 1.81. The fourth-order valence-corrected chi connectivity index (χ4v) is 1.78. The number of hydrogen-bond acceptors (Lipinski definition) is 2. The molecule has 1 rings (SSSR count). The molecule has 1 amide bonds. The number of amides is 1. The number of rotatable bonds is 2. The molecule has 0 aliphatic carbocycles. The highest BCUT2D eigenvalue weighted by atomic mass is 16.2. The summed E-state index contributed by atoms with van der Waals surface area (Å²) in [5.74, 6) is 0.264. The van der Waals surface area contributed by atoms with Crippen LogP contribution in [0.1, 0.15) is 34.6 Å². The van der Waals surface area contributed by atoms with Crippen LogP contribution < -0.4 is 5.32 Å². The second-order valence-corrected chi connectivity index (χ2v) is 5.37. The SMILES string of the molecule is CC(C)[C@H]1C(=O)N[C@@H]1C(=O)C(C)(C)C. The van der Waals surface area contributed by atoms with E-state index in [4.69, 9.17) is 0 Å². The Kier molecular flexibility index (Phi) is 2.70. The Bertz CT molecular complexity index is 263. The van der Waals surface area contributed by atoms with Crippen LogP contribution in [0.15, 0.2) is 0 Å². The maximum atomic E-state index is 11.9. The molecule has 1 heterocycles. The standard InChI is InChI=1S/C11H19NO2/c1-6(2)7-8(12-10(7)14)9(13)11(3,4)5/h6-8H,1-5H3,(H,12,14)/t7-,8+/m1/s1. The summed E-state index contributed by atoms with van der Waals surface area (Å²) in [5.41, 5.74) is -0.370. The van der Waals surface area contributed by atoms with Crippen molar-refractivity contribution in [2.75, 3.05) is 0 Å². The highest BCUT2D eigenvalue weighted by Gasteiger charge is 2.48. The first-order valence-corrected chi connectivity index (χ1v) is 5.10. The van der Waals surface area contributed by atoms with Gasteiger partial charge in [-0.25, -0.2) is 0 Å². The number of ketones is 1. The molecule has 3 nitrogen and oxygen atoms in total. The van der Waals surface area contributed by atoms with Gasteiger partial charge in [0.1, 0.15) is 0 Å². The van der Waals surface area contributed by atoms with E-state index >= 15 is 0 Å². The van der Waals surface area contributed by atoms with Crippen LogP contribution in [0.25, 0.3) is 0 Å². The highest BCUT2D eigenvalue weighted by molar-refractivity contribution is 6.02. The lowest BCUT2D eigenvalue weighted by Gasteiger charge is -2.40.